The monoisotopic (exact) mass is 236 g/mol. The highest BCUT2D eigenvalue weighted by Crippen LogP contribution is 2.18. The summed E-state index contributed by atoms with van der Waals surface area (Å²) >= 11 is 0. The van der Waals surface area contributed by atoms with Crippen molar-refractivity contribution < 1.29 is 9.53 Å². The Kier molecular flexibility index (Phi) is 3.23. The van der Waals surface area contributed by atoms with E-state index in [1.807, 2.05) is 6.92 Å². The number of nitrogens with zero attached hydrogens (tertiary/aromatic N) is 2. The van der Waals surface area contributed by atoms with Gasteiger partial charge in [0, 0.05) is 6.61 Å². The molecule has 1 aliphatic heterocycles. The Morgan fingerprint density at radius 3 is 2.94 bits per heavy atom. The van der Waals surface area contributed by atoms with Gasteiger partial charge in [-0.3, -0.25) is 4.79 Å². The van der Waals surface area contributed by atoms with Crippen LogP contribution in [0, 0.1) is 0 Å². The second-order valence-electron chi connectivity index (χ2n) is 4.50. The van der Waals surface area contributed by atoms with Crippen molar-refractivity contribution in [2.24, 2.45) is 0 Å². The topological polar surface area (TPSA) is 90.1 Å². The Balaban J connectivity index is 2.03. The van der Waals surface area contributed by atoms with Gasteiger partial charge in [0.2, 0.25) is 0 Å². The molecule has 1 aliphatic rings. The van der Waals surface area contributed by atoms with Crippen LogP contribution in [0.25, 0.3) is 0 Å². The maximum Gasteiger partial charge on any atom is 0.271 e. The molecule has 1 fully saturated rings. The van der Waals surface area contributed by atoms with E-state index in [1.54, 1.807) is 0 Å². The maximum atomic E-state index is 11.9. The fraction of sp³-hybridized carbons (Fsp3) is 0.545. The van der Waals surface area contributed by atoms with Crippen molar-refractivity contribution >= 4 is 11.7 Å². The van der Waals surface area contributed by atoms with Crippen LogP contribution in [0.5, 0.6) is 0 Å². The zero-order chi connectivity index (χ0) is 12.3. The molecular weight excluding hydrogens is 220 g/mol. The first-order valence-corrected chi connectivity index (χ1v) is 5.57. The number of anilines is 1. The van der Waals surface area contributed by atoms with Crippen molar-refractivity contribution in [2.45, 2.75) is 25.3 Å². The van der Waals surface area contributed by atoms with E-state index in [0.717, 1.165) is 19.4 Å². The number of aromatic nitrogens is 2. The third kappa shape index (κ3) is 2.91. The molecule has 1 amide bonds. The summed E-state index contributed by atoms with van der Waals surface area (Å²) in [5, 5.41) is 2.92. The summed E-state index contributed by atoms with van der Waals surface area (Å²) in [5.74, 6) is 0.0549. The number of carbonyl (C=O) groups excluding carboxylic acids is 1. The van der Waals surface area contributed by atoms with Crippen LogP contribution in [0.1, 0.15) is 30.3 Å². The van der Waals surface area contributed by atoms with Crippen LogP contribution in [0.2, 0.25) is 0 Å². The summed E-state index contributed by atoms with van der Waals surface area (Å²) in [6.45, 7) is 3.25. The number of carbonyl (C=O) groups is 1. The molecule has 17 heavy (non-hydrogen) atoms. The fourth-order valence-electron chi connectivity index (χ4n) is 1.83. The molecule has 3 N–H and O–H groups in total. The average molecular weight is 236 g/mol. The van der Waals surface area contributed by atoms with Gasteiger partial charge in [-0.25, -0.2) is 9.97 Å². The molecule has 1 atom stereocenters. The summed E-state index contributed by atoms with van der Waals surface area (Å²) in [7, 11) is 0. The van der Waals surface area contributed by atoms with Crippen LogP contribution in [0.4, 0.5) is 5.82 Å². The molecular formula is C11H16N4O2. The molecule has 6 nitrogen and oxygen atoms in total. The molecule has 1 unspecified atom stereocenters. The summed E-state index contributed by atoms with van der Waals surface area (Å²) in [5.41, 5.74) is 5.36. The Morgan fingerprint density at radius 2 is 2.35 bits per heavy atom. The molecule has 0 spiro atoms. The van der Waals surface area contributed by atoms with Crippen molar-refractivity contribution in [3.8, 4) is 0 Å². The molecule has 1 aromatic rings. The Hall–Kier alpha value is -1.69. The van der Waals surface area contributed by atoms with E-state index in [4.69, 9.17) is 10.5 Å². The number of rotatable bonds is 2. The molecule has 0 aromatic carbocycles. The van der Waals surface area contributed by atoms with Crippen LogP contribution >= 0.6 is 0 Å². The van der Waals surface area contributed by atoms with E-state index >= 15 is 0 Å². The van der Waals surface area contributed by atoms with E-state index in [2.05, 4.69) is 15.3 Å². The number of nitrogens with two attached hydrogens (primary N) is 1. The number of amides is 1. The quantitative estimate of drug-likeness (QED) is 0.773. The number of ether oxygens (including phenoxy) is 1. The van der Waals surface area contributed by atoms with Crippen LogP contribution in [-0.4, -0.2) is 34.6 Å². The lowest BCUT2D eigenvalue weighted by atomic mass is 9.95. The number of hydrogen-bond donors (Lipinski definition) is 2. The molecule has 1 saturated heterocycles. The van der Waals surface area contributed by atoms with Gasteiger partial charge >= 0.3 is 0 Å². The first kappa shape index (κ1) is 11.8. The third-order valence-corrected chi connectivity index (χ3v) is 2.76. The Bertz CT molecular complexity index is 398. The SMILES string of the molecule is CC1(NC(=O)c2cnc(N)cn2)CCCOC1. The standard InChI is InChI=1S/C11H16N4O2/c1-11(3-2-4-17-7-11)15-10(16)8-5-14-9(12)6-13-8/h5-6H,2-4,7H2,1H3,(H2,12,14)(H,15,16). The van der Waals surface area contributed by atoms with Crippen molar-refractivity contribution in [2.75, 3.05) is 18.9 Å². The van der Waals surface area contributed by atoms with E-state index in [-0.39, 0.29) is 17.1 Å². The molecule has 0 saturated carbocycles. The predicted octanol–water partition coefficient (Wildman–Crippen LogP) is 0.358. The van der Waals surface area contributed by atoms with Crippen molar-refractivity contribution in [1.82, 2.24) is 15.3 Å². The second kappa shape index (κ2) is 4.67. The predicted molar refractivity (Wildman–Crippen MR) is 62.4 cm³/mol. The van der Waals surface area contributed by atoms with Crippen molar-refractivity contribution in [3.63, 3.8) is 0 Å². The van der Waals surface area contributed by atoms with Crippen molar-refractivity contribution in [3.05, 3.63) is 18.1 Å². The minimum Gasteiger partial charge on any atom is -0.382 e. The summed E-state index contributed by atoms with van der Waals surface area (Å²) < 4.78 is 5.37. The molecule has 2 rings (SSSR count). The molecule has 1 aromatic heterocycles. The first-order valence-electron chi connectivity index (χ1n) is 5.57. The minimum atomic E-state index is -0.321. The number of hydrogen-bond acceptors (Lipinski definition) is 5. The third-order valence-electron chi connectivity index (χ3n) is 2.76. The van der Waals surface area contributed by atoms with Gasteiger partial charge in [0.15, 0.2) is 0 Å². The van der Waals surface area contributed by atoms with Gasteiger partial charge in [0.05, 0.1) is 24.5 Å². The number of nitrogens with one attached hydrogen (secondary N) is 1. The zero-order valence-corrected chi connectivity index (χ0v) is 9.77. The first-order chi connectivity index (χ1) is 8.09. The van der Waals surface area contributed by atoms with Crippen LogP contribution in [-0.2, 0) is 4.74 Å². The molecule has 0 radical (unpaired) electrons. The highest BCUT2D eigenvalue weighted by Gasteiger charge is 2.29. The summed E-state index contributed by atoms with van der Waals surface area (Å²) in [6, 6.07) is 0. The maximum absolute atomic E-state index is 11.9. The van der Waals surface area contributed by atoms with Gasteiger partial charge in [0.1, 0.15) is 11.5 Å². The largest absolute Gasteiger partial charge is 0.382 e. The highest BCUT2D eigenvalue weighted by atomic mass is 16.5. The molecule has 92 valence electrons. The lowest BCUT2D eigenvalue weighted by molar-refractivity contribution is 0.0271. The van der Waals surface area contributed by atoms with Gasteiger partial charge in [-0.05, 0) is 19.8 Å². The Labute approximate surface area is 99.6 Å². The van der Waals surface area contributed by atoms with Crippen LogP contribution < -0.4 is 11.1 Å². The summed E-state index contributed by atoms with van der Waals surface area (Å²) in [6.07, 6.45) is 4.59. The van der Waals surface area contributed by atoms with E-state index < -0.39 is 0 Å². The fourth-order valence-corrected chi connectivity index (χ4v) is 1.83. The molecule has 0 aliphatic carbocycles. The van der Waals surface area contributed by atoms with E-state index in [0.29, 0.717) is 12.4 Å². The van der Waals surface area contributed by atoms with Crippen LogP contribution in [0.3, 0.4) is 0 Å². The van der Waals surface area contributed by atoms with Gasteiger partial charge in [-0.1, -0.05) is 0 Å². The molecule has 2 heterocycles. The van der Waals surface area contributed by atoms with Crippen molar-refractivity contribution in [1.29, 1.82) is 0 Å². The lowest BCUT2D eigenvalue weighted by Crippen LogP contribution is -2.51. The van der Waals surface area contributed by atoms with Crippen LogP contribution in [0.15, 0.2) is 12.4 Å². The van der Waals surface area contributed by atoms with E-state index in [1.165, 1.54) is 12.4 Å². The smallest absolute Gasteiger partial charge is 0.271 e. The zero-order valence-electron chi connectivity index (χ0n) is 9.77. The Morgan fingerprint density at radius 1 is 1.53 bits per heavy atom. The molecule has 6 heteroatoms. The lowest BCUT2D eigenvalue weighted by Gasteiger charge is -2.34. The van der Waals surface area contributed by atoms with E-state index in [9.17, 15) is 4.79 Å². The minimum absolute atomic E-state index is 0.245. The summed E-state index contributed by atoms with van der Waals surface area (Å²) in [4.78, 5) is 19.7. The normalized spacial score (nSPS) is 24.3. The van der Waals surface area contributed by atoms with Gasteiger partial charge in [0.25, 0.3) is 5.91 Å². The van der Waals surface area contributed by atoms with Gasteiger partial charge in [-0.2, -0.15) is 0 Å². The second-order valence-corrected chi connectivity index (χ2v) is 4.50. The highest BCUT2D eigenvalue weighted by molar-refractivity contribution is 5.92. The van der Waals surface area contributed by atoms with Gasteiger partial charge in [-0.15, -0.1) is 0 Å². The molecule has 0 bridgehead atoms. The average Bonchev–Trinajstić information content (AvgIpc) is 2.30. The number of nitrogen functional groups attached to an aromatic ring is 1. The van der Waals surface area contributed by atoms with Gasteiger partial charge < -0.3 is 15.8 Å².